The van der Waals surface area contributed by atoms with Gasteiger partial charge in [0.25, 0.3) is 0 Å². The standard InChI is InChI=1S/C15H22N2O2S/c1-5-9-17(8-4)20(18,19)15-11-12(6-2)10-14(16)13(15)7-3/h1,10-11H,6-9,16H2,2-4H3. The summed E-state index contributed by atoms with van der Waals surface area (Å²) < 4.78 is 26.7. The monoisotopic (exact) mass is 294 g/mol. The van der Waals surface area contributed by atoms with Crippen LogP contribution in [0.2, 0.25) is 0 Å². The zero-order valence-corrected chi connectivity index (χ0v) is 13.1. The molecule has 1 aromatic rings. The molecule has 4 nitrogen and oxygen atoms in total. The van der Waals surface area contributed by atoms with Crippen LogP contribution in [0.1, 0.15) is 31.9 Å². The zero-order chi connectivity index (χ0) is 15.3. The molecule has 1 aromatic carbocycles. The Hall–Kier alpha value is -1.51. The first-order valence-electron chi connectivity index (χ1n) is 6.77. The zero-order valence-electron chi connectivity index (χ0n) is 12.3. The fraction of sp³-hybridized carbons (Fsp3) is 0.467. The van der Waals surface area contributed by atoms with E-state index in [9.17, 15) is 8.42 Å². The quantitative estimate of drug-likeness (QED) is 0.645. The molecule has 0 saturated heterocycles. The van der Waals surface area contributed by atoms with Gasteiger partial charge < -0.3 is 5.73 Å². The van der Waals surface area contributed by atoms with Crippen molar-refractivity contribution in [2.24, 2.45) is 0 Å². The normalized spacial score (nSPS) is 11.6. The molecule has 0 atom stereocenters. The molecule has 20 heavy (non-hydrogen) atoms. The third-order valence-electron chi connectivity index (χ3n) is 3.30. The Kier molecular flexibility index (Phi) is 5.61. The van der Waals surface area contributed by atoms with Gasteiger partial charge in [0.1, 0.15) is 0 Å². The lowest BCUT2D eigenvalue weighted by molar-refractivity contribution is 0.463. The van der Waals surface area contributed by atoms with Gasteiger partial charge >= 0.3 is 0 Å². The predicted octanol–water partition coefficient (Wildman–Crippen LogP) is 2.04. The van der Waals surface area contributed by atoms with Crippen molar-refractivity contribution in [1.82, 2.24) is 4.31 Å². The average molecular weight is 294 g/mol. The molecule has 0 bridgehead atoms. The maximum atomic E-state index is 12.7. The van der Waals surface area contributed by atoms with Gasteiger partial charge in [-0.15, -0.1) is 6.42 Å². The van der Waals surface area contributed by atoms with Crippen LogP contribution in [0.25, 0.3) is 0 Å². The number of rotatable bonds is 6. The molecule has 0 fully saturated rings. The molecule has 0 amide bonds. The highest BCUT2D eigenvalue weighted by molar-refractivity contribution is 7.89. The van der Waals surface area contributed by atoms with Crippen LogP contribution in [-0.2, 0) is 22.9 Å². The lowest BCUT2D eigenvalue weighted by atomic mass is 10.1. The molecular weight excluding hydrogens is 272 g/mol. The molecule has 0 aliphatic carbocycles. The number of sulfonamides is 1. The van der Waals surface area contributed by atoms with Gasteiger partial charge in [0.05, 0.1) is 11.4 Å². The summed E-state index contributed by atoms with van der Waals surface area (Å²) in [7, 11) is -3.60. The number of nitrogen functional groups attached to an aromatic ring is 1. The lowest BCUT2D eigenvalue weighted by Crippen LogP contribution is -2.32. The number of hydrogen-bond donors (Lipinski definition) is 1. The maximum Gasteiger partial charge on any atom is 0.244 e. The van der Waals surface area contributed by atoms with E-state index < -0.39 is 10.0 Å². The van der Waals surface area contributed by atoms with Crippen molar-refractivity contribution in [1.29, 1.82) is 0 Å². The second-order valence-electron chi connectivity index (χ2n) is 4.50. The first-order chi connectivity index (χ1) is 9.42. The fourth-order valence-electron chi connectivity index (χ4n) is 2.15. The van der Waals surface area contributed by atoms with E-state index in [0.29, 0.717) is 24.2 Å². The molecule has 110 valence electrons. The van der Waals surface area contributed by atoms with Crippen molar-refractivity contribution >= 4 is 15.7 Å². The molecule has 0 heterocycles. The van der Waals surface area contributed by atoms with Gasteiger partial charge in [0.15, 0.2) is 0 Å². The SMILES string of the molecule is C#CCN(CC)S(=O)(=O)c1cc(CC)cc(N)c1CC. The van der Waals surface area contributed by atoms with Gasteiger partial charge in [-0.1, -0.05) is 26.7 Å². The van der Waals surface area contributed by atoms with Gasteiger partial charge in [-0.2, -0.15) is 4.31 Å². The Balaban J connectivity index is 3.51. The Morgan fingerprint density at radius 2 is 1.90 bits per heavy atom. The van der Waals surface area contributed by atoms with Gasteiger partial charge in [0.2, 0.25) is 10.0 Å². The smallest absolute Gasteiger partial charge is 0.244 e. The Morgan fingerprint density at radius 3 is 2.35 bits per heavy atom. The summed E-state index contributed by atoms with van der Waals surface area (Å²) in [5, 5.41) is 0. The van der Waals surface area contributed by atoms with Crippen LogP contribution in [0.5, 0.6) is 0 Å². The fourth-order valence-corrected chi connectivity index (χ4v) is 3.88. The second-order valence-corrected chi connectivity index (χ2v) is 6.41. The molecule has 0 saturated carbocycles. The third-order valence-corrected chi connectivity index (χ3v) is 5.29. The Bertz CT molecular complexity index is 615. The summed E-state index contributed by atoms with van der Waals surface area (Å²) in [4.78, 5) is 0.286. The van der Waals surface area contributed by atoms with Gasteiger partial charge in [0, 0.05) is 12.2 Å². The molecule has 1 rings (SSSR count). The first kappa shape index (κ1) is 16.5. The maximum absolute atomic E-state index is 12.7. The van der Waals surface area contributed by atoms with Crippen LogP contribution < -0.4 is 5.73 Å². The molecule has 5 heteroatoms. The van der Waals surface area contributed by atoms with Crippen LogP contribution in [0.3, 0.4) is 0 Å². The van der Waals surface area contributed by atoms with E-state index in [1.54, 1.807) is 13.0 Å². The number of benzene rings is 1. The summed E-state index contributed by atoms with van der Waals surface area (Å²) in [5.74, 6) is 2.39. The van der Waals surface area contributed by atoms with Crippen molar-refractivity contribution in [2.45, 2.75) is 38.5 Å². The summed E-state index contributed by atoms with van der Waals surface area (Å²) in [5.41, 5.74) is 8.10. The van der Waals surface area contributed by atoms with E-state index in [4.69, 9.17) is 12.2 Å². The number of aryl methyl sites for hydroxylation is 1. The predicted molar refractivity (Wildman–Crippen MR) is 82.9 cm³/mol. The molecule has 0 aliphatic heterocycles. The van der Waals surface area contributed by atoms with Crippen LogP contribution in [0, 0.1) is 12.3 Å². The van der Waals surface area contributed by atoms with Gasteiger partial charge in [-0.05, 0) is 36.1 Å². The first-order valence-corrected chi connectivity index (χ1v) is 8.21. The minimum absolute atomic E-state index is 0.0677. The summed E-state index contributed by atoms with van der Waals surface area (Å²) in [6.45, 7) is 6.04. The molecule has 0 radical (unpaired) electrons. The summed E-state index contributed by atoms with van der Waals surface area (Å²) in [6.07, 6.45) is 6.56. The minimum atomic E-state index is -3.60. The summed E-state index contributed by atoms with van der Waals surface area (Å²) in [6, 6.07) is 3.55. The van der Waals surface area contributed by atoms with Crippen LogP contribution in [0.4, 0.5) is 5.69 Å². The van der Waals surface area contributed by atoms with Crippen molar-refractivity contribution in [2.75, 3.05) is 18.8 Å². The molecule has 0 aliphatic rings. The van der Waals surface area contributed by atoms with E-state index in [1.807, 2.05) is 19.9 Å². The highest BCUT2D eigenvalue weighted by atomic mass is 32.2. The van der Waals surface area contributed by atoms with Crippen LogP contribution >= 0.6 is 0 Å². The third kappa shape index (κ3) is 3.14. The second kappa shape index (κ2) is 6.78. The average Bonchev–Trinajstić information content (AvgIpc) is 2.43. The topological polar surface area (TPSA) is 63.4 Å². The Morgan fingerprint density at radius 1 is 1.25 bits per heavy atom. The van der Waals surface area contributed by atoms with E-state index in [2.05, 4.69) is 5.92 Å². The lowest BCUT2D eigenvalue weighted by Gasteiger charge is -2.21. The van der Waals surface area contributed by atoms with E-state index in [1.165, 1.54) is 4.31 Å². The van der Waals surface area contributed by atoms with Crippen molar-refractivity contribution in [3.05, 3.63) is 23.3 Å². The summed E-state index contributed by atoms with van der Waals surface area (Å²) >= 11 is 0. The molecule has 0 unspecified atom stereocenters. The molecule has 0 aromatic heterocycles. The van der Waals surface area contributed by atoms with E-state index in [-0.39, 0.29) is 11.4 Å². The highest BCUT2D eigenvalue weighted by Crippen LogP contribution is 2.27. The van der Waals surface area contributed by atoms with E-state index >= 15 is 0 Å². The molecular formula is C15H22N2O2S. The minimum Gasteiger partial charge on any atom is -0.398 e. The largest absolute Gasteiger partial charge is 0.398 e. The highest BCUT2D eigenvalue weighted by Gasteiger charge is 2.26. The van der Waals surface area contributed by atoms with E-state index in [0.717, 1.165) is 12.0 Å². The van der Waals surface area contributed by atoms with Crippen molar-refractivity contribution in [3.63, 3.8) is 0 Å². The number of nitrogens with two attached hydrogens (primary N) is 1. The number of hydrogen-bond acceptors (Lipinski definition) is 3. The molecule has 0 spiro atoms. The van der Waals surface area contributed by atoms with Crippen molar-refractivity contribution in [3.8, 4) is 12.3 Å². The van der Waals surface area contributed by atoms with Crippen molar-refractivity contribution < 1.29 is 8.42 Å². The number of nitrogens with zero attached hydrogens (tertiary/aromatic N) is 1. The van der Waals surface area contributed by atoms with Gasteiger partial charge in [-0.3, -0.25) is 0 Å². The Labute approximate surface area is 122 Å². The van der Waals surface area contributed by atoms with Crippen LogP contribution in [0.15, 0.2) is 17.0 Å². The number of anilines is 1. The molecule has 2 N–H and O–H groups in total. The number of terminal acetylenes is 1. The van der Waals surface area contributed by atoms with Crippen LogP contribution in [-0.4, -0.2) is 25.8 Å². The van der Waals surface area contributed by atoms with Gasteiger partial charge in [-0.25, -0.2) is 8.42 Å².